The number of rotatable bonds is 2. The van der Waals surface area contributed by atoms with Crippen LogP contribution in [0.3, 0.4) is 0 Å². The highest BCUT2D eigenvalue weighted by atomic mass is 16.5. The third-order valence-electron chi connectivity index (χ3n) is 3.54. The Labute approximate surface area is 117 Å². The van der Waals surface area contributed by atoms with E-state index in [1.165, 1.54) is 0 Å². The van der Waals surface area contributed by atoms with E-state index in [0.29, 0.717) is 32.0 Å². The highest BCUT2D eigenvalue weighted by molar-refractivity contribution is 5.94. The van der Waals surface area contributed by atoms with E-state index >= 15 is 0 Å². The van der Waals surface area contributed by atoms with Gasteiger partial charge < -0.3 is 14.2 Å². The maximum Gasteiger partial charge on any atom is 0.270 e. The first-order chi connectivity index (χ1) is 9.75. The van der Waals surface area contributed by atoms with Crippen molar-refractivity contribution in [3.05, 3.63) is 42.5 Å². The lowest BCUT2D eigenvalue weighted by atomic mass is 10.1. The third kappa shape index (κ3) is 2.44. The molecule has 0 N–H and O–H groups in total. The molecule has 0 aliphatic carbocycles. The summed E-state index contributed by atoms with van der Waals surface area (Å²) in [4.78, 5) is 18.4. The van der Waals surface area contributed by atoms with E-state index in [1.807, 2.05) is 40.9 Å². The maximum absolute atomic E-state index is 12.5. The number of amides is 1. The quantitative estimate of drug-likeness (QED) is 0.832. The summed E-state index contributed by atoms with van der Waals surface area (Å²) in [5.41, 5.74) is 2.81. The number of nitrogens with zero attached hydrogens (tertiary/aromatic N) is 3. The second kappa shape index (κ2) is 5.46. The Morgan fingerprint density at radius 2 is 1.90 bits per heavy atom. The van der Waals surface area contributed by atoms with Gasteiger partial charge in [-0.2, -0.15) is 0 Å². The van der Waals surface area contributed by atoms with Gasteiger partial charge in [0.15, 0.2) is 0 Å². The fraction of sp³-hybridized carbons (Fsp3) is 0.333. The predicted octanol–water partition coefficient (Wildman–Crippen LogP) is 1.56. The second-order valence-electron chi connectivity index (χ2n) is 4.87. The highest BCUT2D eigenvalue weighted by Gasteiger charge is 2.21. The van der Waals surface area contributed by atoms with Crippen molar-refractivity contribution in [2.75, 3.05) is 26.3 Å². The van der Waals surface area contributed by atoms with Crippen LogP contribution >= 0.6 is 0 Å². The summed E-state index contributed by atoms with van der Waals surface area (Å²) in [6.45, 7) is 2.56. The molecule has 0 bridgehead atoms. The first kappa shape index (κ1) is 12.9. The molecule has 0 atom stereocenters. The van der Waals surface area contributed by atoms with Crippen molar-refractivity contribution >= 4 is 5.91 Å². The number of carbonyl (C=O) groups is 1. The van der Waals surface area contributed by atoms with E-state index in [-0.39, 0.29) is 5.91 Å². The minimum absolute atomic E-state index is 0.0658. The number of hydrogen-bond acceptors (Lipinski definition) is 3. The first-order valence-corrected chi connectivity index (χ1v) is 6.69. The number of ether oxygens (including phenoxy) is 1. The zero-order valence-corrected chi connectivity index (χ0v) is 11.5. The third-order valence-corrected chi connectivity index (χ3v) is 3.54. The predicted molar refractivity (Wildman–Crippen MR) is 75.4 cm³/mol. The SMILES string of the molecule is Cn1cc(-c2ccncc2)cc1C(=O)N1CCOCC1. The van der Waals surface area contributed by atoms with Crippen molar-refractivity contribution in [3.63, 3.8) is 0 Å². The van der Waals surface area contributed by atoms with E-state index in [9.17, 15) is 4.79 Å². The summed E-state index contributed by atoms with van der Waals surface area (Å²) < 4.78 is 7.17. The van der Waals surface area contributed by atoms with Crippen molar-refractivity contribution in [1.29, 1.82) is 0 Å². The molecule has 0 saturated carbocycles. The monoisotopic (exact) mass is 271 g/mol. The molecule has 3 rings (SSSR count). The number of carbonyl (C=O) groups excluding carboxylic acids is 1. The molecule has 1 saturated heterocycles. The maximum atomic E-state index is 12.5. The molecule has 1 amide bonds. The molecule has 0 aromatic carbocycles. The zero-order valence-electron chi connectivity index (χ0n) is 11.5. The van der Waals surface area contributed by atoms with Crippen LogP contribution in [-0.4, -0.2) is 46.7 Å². The molecule has 5 heteroatoms. The van der Waals surface area contributed by atoms with Gasteiger partial charge in [-0.05, 0) is 23.8 Å². The Kier molecular flexibility index (Phi) is 3.52. The van der Waals surface area contributed by atoms with Crippen LogP contribution in [-0.2, 0) is 11.8 Å². The Balaban J connectivity index is 1.87. The summed E-state index contributed by atoms with van der Waals surface area (Å²) in [6.07, 6.45) is 5.49. The largest absolute Gasteiger partial charge is 0.378 e. The lowest BCUT2D eigenvalue weighted by Crippen LogP contribution is -2.41. The summed E-state index contributed by atoms with van der Waals surface area (Å²) in [6, 6.07) is 5.82. The van der Waals surface area contributed by atoms with Crippen molar-refractivity contribution < 1.29 is 9.53 Å². The van der Waals surface area contributed by atoms with Gasteiger partial charge in [0.25, 0.3) is 5.91 Å². The fourth-order valence-electron chi connectivity index (χ4n) is 2.41. The van der Waals surface area contributed by atoms with Gasteiger partial charge in [-0.1, -0.05) is 0 Å². The van der Waals surface area contributed by atoms with Crippen LogP contribution in [0.2, 0.25) is 0 Å². The second-order valence-corrected chi connectivity index (χ2v) is 4.87. The van der Waals surface area contributed by atoms with E-state index in [0.717, 1.165) is 11.1 Å². The van der Waals surface area contributed by atoms with Crippen LogP contribution in [0.5, 0.6) is 0 Å². The Morgan fingerprint density at radius 1 is 1.20 bits per heavy atom. The minimum atomic E-state index is 0.0658. The van der Waals surface area contributed by atoms with E-state index in [1.54, 1.807) is 12.4 Å². The molecular formula is C15H17N3O2. The zero-order chi connectivity index (χ0) is 13.9. The van der Waals surface area contributed by atoms with Gasteiger partial charge in [-0.3, -0.25) is 9.78 Å². The van der Waals surface area contributed by atoms with Gasteiger partial charge >= 0.3 is 0 Å². The molecule has 0 spiro atoms. The molecule has 0 unspecified atom stereocenters. The summed E-state index contributed by atoms with van der Waals surface area (Å²) in [5, 5.41) is 0. The van der Waals surface area contributed by atoms with Crippen molar-refractivity contribution in [2.24, 2.45) is 7.05 Å². The topological polar surface area (TPSA) is 47.4 Å². The van der Waals surface area contributed by atoms with Crippen molar-refractivity contribution in [1.82, 2.24) is 14.5 Å². The van der Waals surface area contributed by atoms with E-state index in [2.05, 4.69) is 4.98 Å². The summed E-state index contributed by atoms with van der Waals surface area (Å²) >= 11 is 0. The molecular weight excluding hydrogens is 254 g/mol. The number of pyridine rings is 1. The van der Waals surface area contributed by atoms with Crippen molar-refractivity contribution in [3.8, 4) is 11.1 Å². The van der Waals surface area contributed by atoms with Crippen molar-refractivity contribution in [2.45, 2.75) is 0 Å². The first-order valence-electron chi connectivity index (χ1n) is 6.69. The highest BCUT2D eigenvalue weighted by Crippen LogP contribution is 2.22. The van der Waals surface area contributed by atoms with Gasteiger partial charge in [0, 0.05) is 44.3 Å². The van der Waals surface area contributed by atoms with Gasteiger partial charge in [-0.25, -0.2) is 0 Å². The lowest BCUT2D eigenvalue weighted by molar-refractivity contribution is 0.0296. The number of aromatic nitrogens is 2. The van der Waals surface area contributed by atoms with Gasteiger partial charge in [0.1, 0.15) is 5.69 Å². The van der Waals surface area contributed by atoms with Gasteiger partial charge in [0.2, 0.25) is 0 Å². The summed E-state index contributed by atoms with van der Waals surface area (Å²) in [7, 11) is 1.90. The van der Waals surface area contributed by atoms with E-state index < -0.39 is 0 Å². The Hall–Kier alpha value is -2.14. The van der Waals surface area contributed by atoms with Gasteiger partial charge in [0.05, 0.1) is 13.2 Å². The van der Waals surface area contributed by atoms with Crippen LogP contribution in [0, 0.1) is 0 Å². The minimum Gasteiger partial charge on any atom is -0.378 e. The Morgan fingerprint density at radius 3 is 2.60 bits per heavy atom. The molecule has 1 aliphatic rings. The van der Waals surface area contributed by atoms with Crippen LogP contribution in [0.15, 0.2) is 36.8 Å². The standard InChI is InChI=1S/C15H17N3O2/c1-17-11-13(12-2-4-16-5-3-12)10-14(17)15(19)18-6-8-20-9-7-18/h2-5,10-11H,6-9H2,1H3. The number of morpholine rings is 1. The number of aryl methyl sites for hydroxylation is 1. The normalized spacial score (nSPS) is 15.3. The van der Waals surface area contributed by atoms with Crippen LogP contribution in [0.25, 0.3) is 11.1 Å². The van der Waals surface area contributed by atoms with Crippen LogP contribution in [0.4, 0.5) is 0 Å². The fourth-order valence-corrected chi connectivity index (χ4v) is 2.41. The van der Waals surface area contributed by atoms with Gasteiger partial charge in [-0.15, -0.1) is 0 Å². The lowest BCUT2D eigenvalue weighted by Gasteiger charge is -2.26. The molecule has 104 valence electrons. The molecule has 1 fully saturated rings. The van der Waals surface area contributed by atoms with E-state index in [4.69, 9.17) is 4.74 Å². The van der Waals surface area contributed by atoms with Crippen LogP contribution in [0.1, 0.15) is 10.5 Å². The molecule has 20 heavy (non-hydrogen) atoms. The average molecular weight is 271 g/mol. The average Bonchev–Trinajstić information content (AvgIpc) is 2.90. The molecule has 3 heterocycles. The molecule has 1 aliphatic heterocycles. The van der Waals surface area contributed by atoms with Crippen LogP contribution < -0.4 is 0 Å². The summed E-state index contributed by atoms with van der Waals surface area (Å²) in [5.74, 6) is 0.0658. The molecule has 0 radical (unpaired) electrons. The molecule has 2 aromatic rings. The number of hydrogen-bond donors (Lipinski definition) is 0. The Bertz CT molecular complexity index is 601. The molecule has 2 aromatic heterocycles. The molecule has 5 nitrogen and oxygen atoms in total. The smallest absolute Gasteiger partial charge is 0.270 e.